The molecular weight excluding hydrogens is 466 g/mol. The van der Waals surface area contributed by atoms with Gasteiger partial charge in [0.05, 0.1) is 43.4 Å². The number of carbonyl (C=O) groups excluding carboxylic acids is 2. The second-order valence-corrected chi connectivity index (χ2v) is 10.4. The van der Waals surface area contributed by atoms with Crippen molar-refractivity contribution in [3.05, 3.63) is 24.7 Å². The van der Waals surface area contributed by atoms with Crippen molar-refractivity contribution in [3.63, 3.8) is 0 Å². The molecule has 1 aliphatic carbocycles. The van der Waals surface area contributed by atoms with E-state index in [0.29, 0.717) is 43.0 Å². The van der Waals surface area contributed by atoms with Crippen LogP contribution in [0.1, 0.15) is 40.0 Å². The van der Waals surface area contributed by atoms with E-state index in [2.05, 4.69) is 31.6 Å². The van der Waals surface area contributed by atoms with Gasteiger partial charge in [0.25, 0.3) is 0 Å². The van der Waals surface area contributed by atoms with Gasteiger partial charge in [0.15, 0.2) is 11.5 Å². The van der Waals surface area contributed by atoms with Gasteiger partial charge in [-0.15, -0.1) is 5.10 Å². The van der Waals surface area contributed by atoms with E-state index in [1.54, 1.807) is 55.0 Å². The van der Waals surface area contributed by atoms with E-state index in [1.165, 1.54) is 4.52 Å². The molecule has 0 atom stereocenters. The summed E-state index contributed by atoms with van der Waals surface area (Å²) >= 11 is 0. The number of amides is 2. The Morgan fingerprint density at radius 3 is 2.75 bits per heavy atom. The molecule has 2 fully saturated rings. The lowest BCUT2D eigenvalue weighted by atomic mass is 9.82. The molecule has 4 heterocycles. The second-order valence-electron chi connectivity index (χ2n) is 10.4. The predicted molar refractivity (Wildman–Crippen MR) is 125 cm³/mol. The summed E-state index contributed by atoms with van der Waals surface area (Å²) in [4.78, 5) is 35.1. The molecule has 188 valence electrons. The molecule has 0 spiro atoms. The van der Waals surface area contributed by atoms with E-state index in [9.17, 15) is 20.0 Å². The van der Waals surface area contributed by atoms with E-state index < -0.39 is 23.3 Å². The monoisotopic (exact) mass is 493 g/mol. The number of nitrogens with zero attached hydrogens (tertiary/aromatic N) is 8. The first-order chi connectivity index (χ1) is 17.1. The van der Waals surface area contributed by atoms with E-state index in [0.717, 1.165) is 0 Å². The highest BCUT2D eigenvalue weighted by molar-refractivity contribution is 5.91. The number of nitrogens with one attached hydrogen (secondary N) is 1. The number of anilines is 1. The van der Waals surface area contributed by atoms with E-state index in [1.807, 2.05) is 0 Å². The average molecular weight is 494 g/mol. The minimum absolute atomic E-state index is 0.149. The van der Waals surface area contributed by atoms with Crippen LogP contribution in [-0.4, -0.2) is 76.2 Å². The summed E-state index contributed by atoms with van der Waals surface area (Å²) < 4.78 is 8.64. The SMILES string of the molecule is CC(C)(C)OC(=O)N1CC(CC#N)(n2cc(-c3nccc4nc(NC(=O)C5CC(O)C5)nn34)cn2)C1. The largest absolute Gasteiger partial charge is 0.444 e. The first-order valence-corrected chi connectivity index (χ1v) is 11.7. The molecule has 3 aromatic rings. The maximum Gasteiger partial charge on any atom is 0.410 e. The first kappa shape index (κ1) is 23.7. The van der Waals surface area contributed by atoms with Gasteiger partial charge in [-0.25, -0.2) is 9.78 Å². The van der Waals surface area contributed by atoms with Gasteiger partial charge in [0.1, 0.15) is 11.1 Å². The smallest absolute Gasteiger partial charge is 0.410 e. The zero-order valence-corrected chi connectivity index (χ0v) is 20.2. The van der Waals surface area contributed by atoms with Crippen LogP contribution in [0, 0.1) is 17.2 Å². The van der Waals surface area contributed by atoms with E-state index in [-0.39, 0.29) is 24.2 Å². The maximum absolute atomic E-state index is 12.4. The Morgan fingerprint density at radius 2 is 2.08 bits per heavy atom. The zero-order valence-electron chi connectivity index (χ0n) is 20.2. The minimum atomic E-state index is -0.674. The Morgan fingerprint density at radius 1 is 1.33 bits per heavy atom. The number of fused-ring (bicyclic) bond motifs is 1. The highest BCUT2D eigenvalue weighted by Crippen LogP contribution is 2.34. The van der Waals surface area contributed by atoms with E-state index >= 15 is 0 Å². The fraction of sp³-hybridized carbons (Fsp3) is 0.522. The number of rotatable bonds is 5. The Labute approximate surface area is 206 Å². The van der Waals surface area contributed by atoms with Crippen molar-refractivity contribution >= 4 is 23.6 Å². The molecular formula is C23H27N9O4. The summed E-state index contributed by atoms with van der Waals surface area (Å²) in [7, 11) is 0. The summed E-state index contributed by atoms with van der Waals surface area (Å²) in [5, 5.41) is 30.5. The predicted octanol–water partition coefficient (Wildman–Crippen LogP) is 1.56. The Balaban J connectivity index is 1.36. The van der Waals surface area contributed by atoms with Gasteiger partial charge >= 0.3 is 6.09 Å². The molecule has 1 saturated carbocycles. The van der Waals surface area contributed by atoms with Crippen molar-refractivity contribution in [1.82, 2.24) is 34.3 Å². The van der Waals surface area contributed by atoms with Gasteiger partial charge in [-0.1, -0.05) is 0 Å². The number of likely N-dealkylation sites (tertiary alicyclic amines) is 1. The summed E-state index contributed by atoms with van der Waals surface area (Å²) in [6, 6.07) is 3.87. The third-order valence-corrected chi connectivity index (χ3v) is 6.33. The average Bonchev–Trinajstić information content (AvgIpc) is 3.39. The lowest BCUT2D eigenvalue weighted by Gasteiger charge is -2.48. The molecule has 0 bridgehead atoms. The maximum atomic E-state index is 12.4. The molecule has 1 aliphatic heterocycles. The molecule has 5 rings (SSSR count). The van der Waals surface area contributed by atoms with Crippen LogP contribution in [0.2, 0.25) is 0 Å². The Hall–Kier alpha value is -4.05. The lowest BCUT2D eigenvalue weighted by Crippen LogP contribution is -2.64. The molecule has 2 N–H and O–H groups in total. The van der Waals surface area contributed by atoms with Crippen LogP contribution < -0.4 is 5.32 Å². The molecule has 0 radical (unpaired) electrons. The molecule has 13 nitrogen and oxygen atoms in total. The molecule has 1 saturated heterocycles. The highest BCUT2D eigenvalue weighted by atomic mass is 16.6. The van der Waals surface area contributed by atoms with Gasteiger partial charge in [0.2, 0.25) is 11.9 Å². The number of aromatic nitrogens is 6. The second kappa shape index (κ2) is 8.56. The number of aliphatic hydroxyl groups excluding tert-OH is 1. The van der Waals surface area contributed by atoms with Gasteiger partial charge in [-0.2, -0.15) is 19.9 Å². The fourth-order valence-corrected chi connectivity index (χ4v) is 4.38. The third-order valence-electron chi connectivity index (χ3n) is 6.33. The van der Waals surface area contributed by atoms with Crippen molar-refractivity contribution in [2.24, 2.45) is 5.92 Å². The molecule has 3 aromatic heterocycles. The quantitative estimate of drug-likeness (QED) is 0.537. The number of ether oxygens (including phenoxy) is 1. The van der Waals surface area contributed by atoms with Crippen molar-refractivity contribution < 1.29 is 19.4 Å². The fourth-order valence-electron chi connectivity index (χ4n) is 4.38. The van der Waals surface area contributed by atoms with Crippen molar-refractivity contribution in [2.45, 2.75) is 57.3 Å². The topological polar surface area (TPSA) is 164 Å². The molecule has 13 heteroatoms. The van der Waals surface area contributed by atoms with Gasteiger partial charge in [0, 0.05) is 24.4 Å². The summed E-state index contributed by atoms with van der Waals surface area (Å²) in [5.41, 5.74) is -0.155. The highest BCUT2D eigenvalue weighted by Gasteiger charge is 2.49. The number of carbonyl (C=O) groups is 2. The van der Waals surface area contributed by atoms with Gasteiger partial charge in [-0.3, -0.25) is 14.8 Å². The number of nitriles is 1. The summed E-state index contributed by atoms with van der Waals surface area (Å²) in [6.07, 6.45) is 5.14. The Bertz CT molecular complexity index is 1350. The third kappa shape index (κ3) is 4.35. The van der Waals surface area contributed by atoms with Crippen LogP contribution in [0.15, 0.2) is 24.7 Å². The number of hydrogen-bond donors (Lipinski definition) is 2. The normalized spacial score (nSPS) is 20.8. The molecule has 36 heavy (non-hydrogen) atoms. The van der Waals surface area contributed by atoms with Crippen LogP contribution in [0.3, 0.4) is 0 Å². The molecule has 0 unspecified atom stereocenters. The zero-order chi connectivity index (χ0) is 25.7. The molecule has 0 aromatic carbocycles. The first-order valence-electron chi connectivity index (χ1n) is 11.7. The van der Waals surface area contributed by atoms with Gasteiger partial charge in [-0.05, 0) is 33.6 Å². The van der Waals surface area contributed by atoms with Crippen LogP contribution in [0.25, 0.3) is 17.0 Å². The number of aliphatic hydroxyl groups is 1. The van der Waals surface area contributed by atoms with Crippen LogP contribution >= 0.6 is 0 Å². The minimum Gasteiger partial charge on any atom is -0.444 e. The van der Waals surface area contributed by atoms with Crippen molar-refractivity contribution in [1.29, 1.82) is 5.26 Å². The summed E-state index contributed by atoms with van der Waals surface area (Å²) in [6.45, 7) is 6.01. The van der Waals surface area contributed by atoms with Crippen molar-refractivity contribution in [3.8, 4) is 17.5 Å². The summed E-state index contributed by atoms with van der Waals surface area (Å²) in [5.74, 6) is 0.134. The molecule has 2 aliphatic rings. The standard InChI is InChI=1S/C23H27N9O4/c1-22(2,3)36-21(35)30-12-23(13-30,5-6-24)31-11-15(10-26-31)18-25-7-4-17-27-20(29-32(17)18)28-19(34)14-8-16(33)9-14/h4,7,10-11,14,16,33H,5,8-9,12-13H2,1-3H3,(H,28,29,34). The van der Waals surface area contributed by atoms with Crippen molar-refractivity contribution in [2.75, 3.05) is 18.4 Å². The van der Waals surface area contributed by atoms with Gasteiger partial charge < -0.3 is 14.7 Å². The van der Waals surface area contributed by atoms with Crippen LogP contribution in [-0.2, 0) is 15.1 Å². The van der Waals surface area contributed by atoms with Crippen LogP contribution in [0.5, 0.6) is 0 Å². The Kier molecular flexibility index (Phi) is 5.63. The molecule has 2 amide bonds. The van der Waals surface area contributed by atoms with Crippen LogP contribution in [0.4, 0.5) is 10.7 Å². The number of hydrogen-bond acceptors (Lipinski definition) is 9. The van der Waals surface area contributed by atoms with E-state index in [4.69, 9.17) is 4.74 Å². The lowest BCUT2D eigenvalue weighted by molar-refractivity contribution is -0.126.